The van der Waals surface area contributed by atoms with E-state index in [9.17, 15) is 22.9 Å². The Hall–Kier alpha value is -3.78. The number of ether oxygens (including phenoxy) is 4. The number of methoxy groups -OCH3 is 2. The lowest BCUT2D eigenvalue weighted by Crippen LogP contribution is -2.22. The van der Waals surface area contributed by atoms with Gasteiger partial charge >= 0.3 is 0 Å². The van der Waals surface area contributed by atoms with Gasteiger partial charge in [0.05, 0.1) is 25.6 Å². The van der Waals surface area contributed by atoms with Crippen LogP contribution in [0, 0.1) is 23.7 Å². The van der Waals surface area contributed by atoms with Gasteiger partial charge in [0.15, 0.2) is 47.3 Å². The predicted molar refractivity (Wildman–Crippen MR) is 207 cm³/mol. The molecule has 2 aromatic carbocycles. The molecule has 0 saturated heterocycles. The number of fused-ring (bicyclic) bond motifs is 4. The maximum absolute atomic E-state index is 14.6. The van der Waals surface area contributed by atoms with E-state index in [2.05, 4.69) is 20.1 Å². The van der Waals surface area contributed by atoms with Crippen molar-refractivity contribution in [3.05, 3.63) is 59.8 Å². The second-order valence-electron chi connectivity index (χ2n) is 13.8. The van der Waals surface area contributed by atoms with Gasteiger partial charge in [-0.1, -0.05) is 16.9 Å². The molecule has 2 saturated carbocycles. The highest BCUT2D eigenvalue weighted by atomic mass is 33.1. The molecule has 54 heavy (non-hydrogen) atoms. The highest BCUT2D eigenvalue weighted by molar-refractivity contribution is 8.76. The summed E-state index contributed by atoms with van der Waals surface area (Å²) < 4.78 is 66.5. The zero-order chi connectivity index (χ0) is 37.8. The summed E-state index contributed by atoms with van der Waals surface area (Å²) in [6.45, 7) is 0.386. The molecule has 0 amide bonds. The third-order valence-electron chi connectivity index (χ3n) is 10.1. The van der Waals surface area contributed by atoms with Crippen LogP contribution in [0.15, 0.2) is 63.7 Å². The molecule has 0 bridgehead atoms. The number of pyridine rings is 1. The Morgan fingerprint density at radius 3 is 1.85 bits per heavy atom. The third kappa shape index (κ3) is 8.54. The number of carbonyl (C=O) groups is 2. The van der Waals surface area contributed by atoms with E-state index in [0.717, 1.165) is 10.8 Å². The van der Waals surface area contributed by atoms with Crippen molar-refractivity contribution < 1.29 is 41.9 Å². The number of nitrogens with one attached hydrogen (secondary N) is 1. The first kappa shape index (κ1) is 38.5. The SMILES string of the molecule is COc1cc2c(cc1OCP(=O)(COc1cc3c(cc1OC)C(=O)C1C[C@@H](F)C[C@H]1C=N3)NCCCSSc1ccccn1)N=C[C@@H]1C[C@H](F)CC1C2=O. The smallest absolute Gasteiger partial charge is 0.219 e. The van der Waals surface area contributed by atoms with Crippen molar-refractivity contribution in [3.63, 3.8) is 0 Å². The molecule has 286 valence electrons. The summed E-state index contributed by atoms with van der Waals surface area (Å²) >= 11 is 0. The monoisotopic (exact) mass is 798 g/mol. The van der Waals surface area contributed by atoms with Crippen LogP contribution in [0.1, 0.15) is 52.8 Å². The Morgan fingerprint density at radius 1 is 0.796 bits per heavy atom. The van der Waals surface area contributed by atoms with E-state index in [4.69, 9.17) is 18.9 Å². The number of aliphatic imine (C=N–C) groups is 2. The number of hydrogen-bond donors (Lipinski definition) is 1. The number of rotatable bonds is 15. The van der Waals surface area contributed by atoms with Gasteiger partial charge < -0.3 is 18.9 Å². The maximum atomic E-state index is 14.6. The molecule has 7 rings (SSSR count). The van der Waals surface area contributed by atoms with Gasteiger partial charge in [0.1, 0.15) is 17.4 Å². The molecule has 1 aromatic heterocycles. The van der Waals surface area contributed by atoms with Gasteiger partial charge in [-0.2, -0.15) is 0 Å². The molecule has 11 nitrogen and oxygen atoms in total. The fourth-order valence-corrected chi connectivity index (χ4v) is 10.8. The van der Waals surface area contributed by atoms with Crippen molar-refractivity contribution in [3.8, 4) is 23.0 Å². The van der Waals surface area contributed by atoms with E-state index in [1.165, 1.54) is 14.2 Å². The topological polar surface area (TPSA) is 138 Å². The van der Waals surface area contributed by atoms with Crippen LogP contribution in [0.5, 0.6) is 23.0 Å². The molecule has 1 N–H and O–H groups in total. The Bertz CT molecular complexity index is 1880. The highest BCUT2D eigenvalue weighted by Crippen LogP contribution is 2.48. The number of alkyl halides is 2. The third-order valence-corrected chi connectivity index (χ3v) is 14.4. The molecule has 2 fully saturated rings. The van der Waals surface area contributed by atoms with Crippen molar-refractivity contribution in [2.75, 3.05) is 39.2 Å². The van der Waals surface area contributed by atoms with Crippen LogP contribution in [-0.4, -0.2) is 80.5 Å². The molecule has 4 aliphatic rings. The Labute approximate surface area is 320 Å². The van der Waals surface area contributed by atoms with Gasteiger partial charge in [-0.05, 0) is 67.2 Å². The first-order valence-corrected chi connectivity index (χ1v) is 22.2. The van der Waals surface area contributed by atoms with Crippen molar-refractivity contribution in [2.24, 2.45) is 33.7 Å². The zero-order valence-electron chi connectivity index (χ0n) is 29.8. The summed E-state index contributed by atoms with van der Waals surface area (Å²) in [5.74, 6) is -0.197. The minimum absolute atomic E-state index is 0.156. The second kappa shape index (κ2) is 16.9. The van der Waals surface area contributed by atoms with E-state index in [1.54, 1.807) is 64.5 Å². The van der Waals surface area contributed by atoms with Crippen LogP contribution in [0.25, 0.3) is 0 Å². The van der Waals surface area contributed by atoms with E-state index in [1.807, 2.05) is 18.2 Å². The molecule has 3 heterocycles. The predicted octanol–water partition coefficient (Wildman–Crippen LogP) is 8.70. The Balaban J connectivity index is 1.09. The number of aromatic nitrogens is 1. The minimum Gasteiger partial charge on any atom is -0.493 e. The molecular formula is C38H41F2N4O7PS2. The van der Waals surface area contributed by atoms with Crippen LogP contribution >= 0.6 is 28.9 Å². The largest absolute Gasteiger partial charge is 0.493 e. The van der Waals surface area contributed by atoms with Gasteiger partial charge in [0.2, 0.25) is 7.29 Å². The summed E-state index contributed by atoms with van der Waals surface area (Å²) in [6.07, 6.45) is 3.82. The van der Waals surface area contributed by atoms with Gasteiger partial charge in [-0.15, -0.1) is 0 Å². The molecule has 2 aliphatic heterocycles. The van der Waals surface area contributed by atoms with Crippen molar-refractivity contribution in [1.82, 2.24) is 10.1 Å². The molecule has 3 aromatic rings. The van der Waals surface area contributed by atoms with Crippen LogP contribution in [-0.2, 0) is 4.57 Å². The van der Waals surface area contributed by atoms with E-state index < -0.39 is 31.5 Å². The number of Topliss-reactive ketones (excluding diaryl/α,β-unsaturated/α-hetero) is 2. The number of ketones is 2. The standard InChI is InChI=1S/C38H41F2N4O7PS2/c1-48-32-14-28-30(42-18-22-10-24(39)12-26(22)37(28)45)16-34(32)50-20-52(47,44-8-5-9-53-54-36-6-3-4-7-41-36)21-51-35-17-31-29(15-33(35)49-2)38(46)27-13-25(40)11-23(27)19-43-31/h3-4,6-7,14-19,22-27H,5,8-13,20-21H2,1-2H3,(H,44,47)/t22-,23-,24-,25-,26?,27?,52?/m0/s1. The van der Waals surface area contributed by atoms with Crippen molar-refractivity contribution in [1.29, 1.82) is 0 Å². The van der Waals surface area contributed by atoms with Gasteiger partial charge in [-0.3, -0.25) is 29.2 Å². The summed E-state index contributed by atoms with van der Waals surface area (Å²) in [4.78, 5) is 40.2. The summed E-state index contributed by atoms with van der Waals surface area (Å²) in [5.41, 5.74) is 1.40. The Kier molecular flexibility index (Phi) is 12.1. The number of nitrogens with zero attached hydrogens (tertiary/aromatic N) is 3. The average molecular weight is 799 g/mol. The molecule has 6 atom stereocenters. The lowest BCUT2D eigenvalue weighted by atomic mass is 9.89. The highest BCUT2D eigenvalue weighted by Gasteiger charge is 2.42. The Morgan fingerprint density at radius 2 is 1.35 bits per heavy atom. The molecule has 0 radical (unpaired) electrons. The van der Waals surface area contributed by atoms with Gasteiger partial charge in [0.25, 0.3) is 0 Å². The van der Waals surface area contributed by atoms with Crippen molar-refractivity contribution in [2.45, 2.75) is 49.5 Å². The molecule has 16 heteroatoms. The van der Waals surface area contributed by atoms with Crippen LogP contribution < -0.4 is 24.0 Å². The fraction of sp³-hybridized carbons (Fsp3) is 0.447. The zero-order valence-corrected chi connectivity index (χ0v) is 32.3. The van der Waals surface area contributed by atoms with Crippen LogP contribution in [0.2, 0.25) is 0 Å². The average Bonchev–Trinajstić information content (AvgIpc) is 3.69. The number of benzene rings is 2. The molecule has 2 aliphatic carbocycles. The lowest BCUT2D eigenvalue weighted by molar-refractivity contribution is 0.0900. The minimum atomic E-state index is -3.49. The second-order valence-corrected chi connectivity index (χ2v) is 18.8. The number of hydrogen-bond acceptors (Lipinski definition) is 12. The molecule has 0 spiro atoms. The normalized spacial score (nSPS) is 25.1. The number of halogens is 2. The molecule has 2 unspecified atom stereocenters. The fourth-order valence-electron chi connectivity index (χ4n) is 7.34. The van der Waals surface area contributed by atoms with E-state index in [0.29, 0.717) is 35.5 Å². The summed E-state index contributed by atoms with van der Waals surface area (Å²) in [5, 5.41) is 4.08. The summed E-state index contributed by atoms with van der Waals surface area (Å²) in [6, 6.07) is 12.0. The molecular weight excluding hydrogens is 758 g/mol. The quantitative estimate of drug-likeness (QED) is 0.0898. The van der Waals surface area contributed by atoms with Crippen molar-refractivity contribution >= 4 is 64.3 Å². The van der Waals surface area contributed by atoms with Gasteiger partial charge in [0, 0.05) is 77.9 Å². The van der Waals surface area contributed by atoms with Crippen LogP contribution in [0.3, 0.4) is 0 Å². The first-order chi connectivity index (χ1) is 26.1. The first-order valence-electron chi connectivity index (χ1n) is 17.8. The lowest BCUT2D eigenvalue weighted by Gasteiger charge is -2.23. The van der Waals surface area contributed by atoms with E-state index in [-0.39, 0.29) is 84.8 Å². The van der Waals surface area contributed by atoms with Gasteiger partial charge in [-0.25, -0.2) is 13.8 Å². The van der Waals surface area contributed by atoms with Crippen LogP contribution in [0.4, 0.5) is 20.2 Å². The van der Waals surface area contributed by atoms with E-state index >= 15 is 0 Å². The number of carbonyl (C=O) groups excluding carboxylic acids is 2. The summed E-state index contributed by atoms with van der Waals surface area (Å²) in [7, 11) is 2.59. The maximum Gasteiger partial charge on any atom is 0.219 e.